The van der Waals surface area contributed by atoms with Crippen LogP contribution >= 0.6 is 0 Å². The van der Waals surface area contributed by atoms with Gasteiger partial charge in [-0.3, -0.25) is 4.79 Å². The van der Waals surface area contributed by atoms with Crippen LogP contribution in [-0.4, -0.2) is 26.0 Å². The van der Waals surface area contributed by atoms with Gasteiger partial charge in [0, 0.05) is 18.5 Å². The lowest BCUT2D eigenvalue weighted by Gasteiger charge is -2.55. The zero-order valence-electron chi connectivity index (χ0n) is 22.5. The molecule has 34 heavy (non-hydrogen) atoms. The molecule has 188 valence electrons. The van der Waals surface area contributed by atoms with Gasteiger partial charge in [-0.25, -0.2) is 0 Å². The van der Waals surface area contributed by atoms with E-state index in [4.69, 9.17) is 0 Å². The van der Waals surface area contributed by atoms with E-state index in [0.717, 1.165) is 31.7 Å². The third-order valence-corrected chi connectivity index (χ3v) is 8.58. The number of amides is 1. The molecule has 0 aliphatic heterocycles. The van der Waals surface area contributed by atoms with Gasteiger partial charge in [0.15, 0.2) is 0 Å². The Morgan fingerprint density at radius 2 is 1.68 bits per heavy atom. The van der Waals surface area contributed by atoms with Gasteiger partial charge in [-0.05, 0) is 82.2 Å². The summed E-state index contributed by atoms with van der Waals surface area (Å²) in [7, 11) is 3.84. The first-order valence-electron chi connectivity index (χ1n) is 13.5. The van der Waals surface area contributed by atoms with Crippen LogP contribution in [0.15, 0.2) is 53.6 Å². The molecule has 0 saturated heterocycles. The monoisotopic (exact) mass is 464 g/mol. The molecule has 4 unspecified atom stereocenters. The predicted octanol–water partition coefficient (Wildman–Crippen LogP) is 6.95. The van der Waals surface area contributed by atoms with Gasteiger partial charge in [-0.15, -0.1) is 0 Å². The highest BCUT2D eigenvalue weighted by Crippen LogP contribution is 2.59. The Balaban J connectivity index is 0.000000343. The van der Waals surface area contributed by atoms with Crippen LogP contribution in [0.25, 0.3) is 0 Å². The Labute approximate surface area is 208 Å². The standard InChI is InChI=1S/C24H33NO.C7H15N/c1-17(2)11-12-21-18(3)13-24(20-9-7-6-8-10-20)15-19(21)14-23(4,16-24)22(26)25-5;1-8-7-5-3-2-4-6-7/h6-12,18-19H,13-16H2,1-5H3,(H,25,26);7-8H,2-6H2,1H3/b21-12+;. The summed E-state index contributed by atoms with van der Waals surface area (Å²) in [6, 6.07) is 11.7. The van der Waals surface area contributed by atoms with E-state index >= 15 is 0 Å². The van der Waals surface area contributed by atoms with E-state index in [1.165, 1.54) is 48.8 Å². The zero-order valence-corrected chi connectivity index (χ0v) is 22.5. The molecule has 0 aromatic heterocycles. The molecule has 2 N–H and O–H groups in total. The maximum atomic E-state index is 12.8. The summed E-state index contributed by atoms with van der Waals surface area (Å²) in [6.45, 7) is 8.84. The molecule has 0 spiro atoms. The lowest BCUT2D eigenvalue weighted by atomic mass is 9.49. The van der Waals surface area contributed by atoms with Gasteiger partial charge in [0.2, 0.25) is 5.91 Å². The Morgan fingerprint density at radius 1 is 1.00 bits per heavy atom. The van der Waals surface area contributed by atoms with Crippen LogP contribution < -0.4 is 10.6 Å². The van der Waals surface area contributed by atoms with E-state index in [2.05, 4.69) is 87.9 Å². The highest BCUT2D eigenvalue weighted by Gasteiger charge is 2.54. The molecule has 3 fully saturated rings. The molecule has 2 bridgehead atoms. The molecule has 1 amide bonds. The van der Waals surface area contributed by atoms with Gasteiger partial charge in [-0.1, -0.05) is 86.7 Å². The first-order valence-corrected chi connectivity index (χ1v) is 13.5. The second kappa shape index (κ2) is 11.7. The summed E-state index contributed by atoms with van der Waals surface area (Å²) in [5, 5.41) is 6.24. The highest BCUT2D eigenvalue weighted by atomic mass is 16.2. The van der Waals surface area contributed by atoms with E-state index < -0.39 is 0 Å². The van der Waals surface area contributed by atoms with E-state index in [1.807, 2.05) is 0 Å². The summed E-state index contributed by atoms with van der Waals surface area (Å²) in [6.07, 6.45) is 15.9. The molecule has 0 heterocycles. The van der Waals surface area contributed by atoms with Crippen molar-refractivity contribution >= 4 is 5.91 Å². The van der Waals surface area contributed by atoms with Gasteiger partial charge in [0.05, 0.1) is 0 Å². The third kappa shape index (κ3) is 6.22. The van der Waals surface area contributed by atoms with Crippen LogP contribution in [0.3, 0.4) is 0 Å². The number of carbonyl (C=O) groups is 1. The average molecular weight is 465 g/mol. The molecule has 4 atom stereocenters. The van der Waals surface area contributed by atoms with Gasteiger partial charge in [-0.2, -0.15) is 0 Å². The summed E-state index contributed by atoms with van der Waals surface area (Å²) in [5.41, 5.74) is 4.07. The van der Waals surface area contributed by atoms with Gasteiger partial charge in [0.25, 0.3) is 0 Å². The molecule has 4 rings (SSSR count). The van der Waals surface area contributed by atoms with Crippen LogP contribution in [0.5, 0.6) is 0 Å². The maximum Gasteiger partial charge on any atom is 0.225 e. The molecule has 0 radical (unpaired) electrons. The SMILES string of the molecule is CNC(=O)C1(C)CC2CC(c3ccccc3)(CC(C)/C2=C\C=C(C)C)C1.CNC1CCCCC1. The van der Waals surface area contributed by atoms with Crippen molar-refractivity contribution in [3.63, 3.8) is 0 Å². The number of carbonyl (C=O) groups excluding carboxylic acids is 1. The number of benzene rings is 1. The maximum absolute atomic E-state index is 12.8. The molecular weight excluding hydrogens is 416 g/mol. The fraction of sp³-hybridized carbons (Fsp3) is 0.645. The normalized spacial score (nSPS) is 32.4. The first-order chi connectivity index (χ1) is 16.2. The summed E-state index contributed by atoms with van der Waals surface area (Å²) >= 11 is 0. The zero-order chi connectivity index (χ0) is 24.8. The lowest BCUT2D eigenvalue weighted by molar-refractivity contribution is -0.134. The first kappa shape index (κ1) is 26.7. The smallest absolute Gasteiger partial charge is 0.225 e. The van der Waals surface area contributed by atoms with Crippen molar-refractivity contribution in [3.05, 3.63) is 59.2 Å². The quantitative estimate of drug-likeness (QED) is 0.506. The van der Waals surface area contributed by atoms with Crippen molar-refractivity contribution in [1.29, 1.82) is 0 Å². The number of hydrogen-bond donors (Lipinski definition) is 2. The summed E-state index contributed by atoms with van der Waals surface area (Å²) in [4.78, 5) is 12.8. The van der Waals surface area contributed by atoms with Crippen molar-refractivity contribution in [2.24, 2.45) is 17.3 Å². The Bertz CT molecular complexity index is 859. The largest absolute Gasteiger partial charge is 0.359 e. The summed E-state index contributed by atoms with van der Waals surface area (Å²) < 4.78 is 0. The number of hydrogen-bond acceptors (Lipinski definition) is 2. The average Bonchev–Trinajstić information content (AvgIpc) is 2.84. The Morgan fingerprint density at radius 3 is 2.24 bits per heavy atom. The Hall–Kier alpha value is -1.87. The molecule has 3 nitrogen and oxygen atoms in total. The molecule has 1 aromatic rings. The molecule has 3 heteroatoms. The lowest BCUT2D eigenvalue weighted by Crippen LogP contribution is -2.52. The predicted molar refractivity (Wildman–Crippen MR) is 145 cm³/mol. The van der Waals surface area contributed by atoms with Crippen LogP contribution in [0.4, 0.5) is 0 Å². The van der Waals surface area contributed by atoms with E-state index in [1.54, 1.807) is 7.05 Å². The van der Waals surface area contributed by atoms with Gasteiger partial charge < -0.3 is 10.6 Å². The van der Waals surface area contributed by atoms with Crippen molar-refractivity contribution in [1.82, 2.24) is 10.6 Å². The minimum absolute atomic E-state index is 0.104. The molecular formula is C31H48N2O. The second-order valence-electron chi connectivity index (χ2n) is 11.7. The van der Waals surface area contributed by atoms with Crippen molar-refractivity contribution in [2.75, 3.05) is 14.1 Å². The van der Waals surface area contributed by atoms with E-state index in [-0.39, 0.29) is 16.7 Å². The van der Waals surface area contributed by atoms with E-state index in [0.29, 0.717) is 11.8 Å². The highest BCUT2D eigenvalue weighted by molar-refractivity contribution is 5.82. The van der Waals surface area contributed by atoms with E-state index in [9.17, 15) is 4.79 Å². The third-order valence-electron chi connectivity index (χ3n) is 8.58. The second-order valence-corrected chi connectivity index (χ2v) is 11.7. The molecule has 3 saturated carbocycles. The van der Waals surface area contributed by atoms with Crippen molar-refractivity contribution in [3.8, 4) is 0 Å². The molecule has 3 aliphatic carbocycles. The fourth-order valence-corrected chi connectivity index (χ4v) is 7.04. The minimum Gasteiger partial charge on any atom is -0.359 e. The van der Waals surface area contributed by atoms with Crippen molar-refractivity contribution < 1.29 is 4.79 Å². The number of fused-ring (bicyclic) bond motifs is 2. The topological polar surface area (TPSA) is 41.1 Å². The van der Waals surface area contributed by atoms with Gasteiger partial charge in [0.1, 0.15) is 0 Å². The van der Waals surface area contributed by atoms with Crippen LogP contribution in [-0.2, 0) is 10.2 Å². The number of nitrogens with one attached hydrogen (secondary N) is 2. The van der Waals surface area contributed by atoms with Crippen molar-refractivity contribution in [2.45, 2.75) is 96.9 Å². The Kier molecular flexibility index (Phi) is 9.20. The number of rotatable bonds is 4. The van der Waals surface area contributed by atoms with Crippen LogP contribution in [0, 0.1) is 17.3 Å². The number of allylic oxidation sites excluding steroid dienone is 4. The van der Waals surface area contributed by atoms with Gasteiger partial charge >= 0.3 is 0 Å². The molecule has 3 aliphatic rings. The van der Waals surface area contributed by atoms with Crippen LogP contribution in [0.1, 0.15) is 91.0 Å². The van der Waals surface area contributed by atoms with Crippen LogP contribution in [0.2, 0.25) is 0 Å². The fourth-order valence-electron chi connectivity index (χ4n) is 7.04. The summed E-state index contributed by atoms with van der Waals surface area (Å²) in [5.74, 6) is 1.23. The minimum atomic E-state index is -0.308. The molecule has 1 aromatic carbocycles.